The molecule has 1 fully saturated rings. The molecule has 1 saturated heterocycles. The fourth-order valence-corrected chi connectivity index (χ4v) is 4.07. The SMILES string of the molecule is CCOc1ccc(Br)cc1/C=C1/SC(=S)N(NC(=O)c2ccc(Cl)cc2)C1=O. The van der Waals surface area contributed by atoms with Crippen molar-refractivity contribution in [1.82, 2.24) is 10.4 Å². The highest BCUT2D eigenvalue weighted by atomic mass is 79.9. The molecule has 2 aromatic rings. The van der Waals surface area contributed by atoms with Crippen LogP contribution in [0.3, 0.4) is 0 Å². The molecule has 0 aromatic heterocycles. The molecule has 0 atom stereocenters. The smallest absolute Gasteiger partial charge is 0.285 e. The minimum Gasteiger partial charge on any atom is -0.493 e. The van der Waals surface area contributed by atoms with Crippen molar-refractivity contribution in [1.29, 1.82) is 0 Å². The molecular formula is C19H14BrClN2O3S2. The number of nitrogens with one attached hydrogen (secondary N) is 1. The average Bonchev–Trinajstić information content (AvgIpc) is 2.92. The zero-order chi connectivity index (χ0) is 20.3. The average molecular weight is 498 g/mol. The lowest BCUT2D eigenvalue weighted by Gasteiger charge is -2.15. The predicted molar refractivity (Wildman–Crippen MR) is 119 cm³/mol. The van der Waals surface area contributed by atoms with E-state index in [9.17, 15) is 9.59 Å². The van der Waals surface area contributed by atoms with Gasteiger partial charge in [0, 0.05) is 20.6 Å². The van der Waals surface area contributed by atoms with Crippen LogP contribution in [-0.4, -0.2) is 27.8 Å². The number of thiocarbonyl (C=S) groups is 1. The highest BCUT2D eigenvalue weighted by molar-refractivity contribution is 9.10. The topological polar surface area (TPSA) is 58.6 Å². The minimum absolute atomic E-state index is 0.242. The first-order chi connectivity index (χ1) is 13.4. The van der Waals surface area contributed by atoms with E-state index in [0.717, 1.165) is 26.8 Å². The summed E-state index contributed by atoms with van der Waals surface area (Å²) in [5.41, 5.74) is 3.64. The third kappa shape index (κ3) is 4.75. The Kier molecular flexibility index (Phi) is 6.77. The second kappa shape index (κ2) is 9.09. The van der Waals surface area contributed by atoms with Crippen LogP contribution < -0.4 is 10.2 Å². The maximum absolute atomic E-state index is 12.8. The fraction of sp³-hybridized carbons (Fsp3) is 0.105. The summed E-state index contributed by atoms with van der Waals surface area (Å²) in [7, 11) is 0. The van der Waals surface area contributed by atoms with Gasteiger partial charge in [0.2, 0.25) is 0 Å². The van der Waals surface area contributed by atoms with Crippen LogP contribution in [0.2, 0.25) is 5.02 Å². The van der Waals surface area contributed by atoms with Crippen LogP contribution in [0, 0.1) is 0 Å². The summed E-state index contributed by atoms with van der Waals surface area (Å²) >= 11 is 15.6. The van der Waals surface area contributed by atoms with Gasteiger partial charge in [-0.25, -0.2) is 0 Å². The molecule has 0 saturated carbocycles. The summed E-state index contributed by atoms with van der Waals surface area (Å²) in [4.78, 5) is 25.5. The number of ether oxygens (including phenoxy) is 1. The Balaban J connectivity index is 1.82. The van der Waals surface area contributed by atoms with E-state index in [4.69, 9.17) is 28.6 Å². The summed E-state index contributed by atoms with van der Waals surface area (Å²) in [5.74, 6) is -0.201. The molecule has 2 amide bonds. The van der Waals surface area contributed by atoms with Crippen LogP contribution in [-0.2, 0) is 4.79 Å². The number of benzene rings is 2. The molecule has 0 radical (unpaired) electrons. The van der Waals surface area contributed by atoms with Crippen molar-refractivity contribution in [2.24, 2.45) is 0 Å². The number of hydrogen-bond acceptors (Lipinski definition) is 5. The molecule has 1 aliphatic heterocycles. The summed E-state index contributed by atoms with van der Waals surface area (Å²) in [6.45, 7) is 2.39. The van der Waals surface area contributed by atoms with Gasteiger partial charge in [-0.1, -0.05) is 39.3 Å². The van der Waals surface area contributed by atoms with Gasteiger partial charge < -0.3 is 4.74 Å². The molecule has 28 heavy (non-hydrogen) atoms. The van der Waals surface area contributed by atoms with Gasteiger partial charge >= 0.3 is 0 Å². The van der Waals surface area contributed by atoms with Crippen molar-refractivity contribution in [3.8, 4) is 5.75 Å². The molecular weight excluding hydrogens is 484 g/mol. The predicted octanol–water partition coefficient (Wildman–Crippen LogP) is 5.05. The van der Waals surface area contributed by atoms with Gasteiger partial charge in [0.1, 0.15) is 5.75 Å². The van der Waals surface area contributed by atoms with E-state index >= 15 is 0 Å². The number of hydrogen-bond donors (Lipinski definition) is 1. The lowest BCUT2D eigenvalue weighted by molar-refractivity contribution is -0.123. The van der Waals surface area contributed by atoms with Crippen molar-refractivity contribution in [2.75, 3.05) is 6.61 Å². The maximum Gasteiger partial charge on any atom is 0.285 e. The van der Waals surface area contributed by atoms with Crippen LogP contribution in [0.1, 0.15) is 22.8 Å². The molecule has 5 nitrogen and oxygen atoms in total. The lowest BCUT2D eigenvalue weighted by atomic mass is 10.2. The van der Waals surface area contributed by atoms with Gasteiger partial charge in [0.15, 0.2) is 4.32 Å². The Hall–Kier alpha value is -1.87. The molecule has 0 bridgehead atoms. The van der Waals surface area contributed by atoms with Crippen LogP contribution in [0.25, 0.3) is 6.08 Å². The van der Waals surface area contributed by atoms with Crippen LogP contribution in [0.4, 0.5) is 0 Å². The second-order valence-corrected chi connectivity index (χ2v) is 8.61. The normalized spacial score (nSPS) is 15.2. The van der Waals surface area contributed by atoms with Gasteiger partial charge in [0.05, 0.1) is 11.5 Å². The fourth-order valence-electron chi connectivity index (χ4n) is 2.39. The van der Waals surface area contributed by atoms with E-state index in [1.165, 1.54) is 0 Å². The summed E-state index contributed by atoms with van der Waals surface area (Å²) < 4.78 is 6.71. The number of rotatable bonds is 5. The lowest BCUT2D eigenvalue weighted by Crippen LogP contribution is -2.44. The molecule has 0 spiro atoms. The highest BCUT2D eigenvalue weighted by Gasteiger charge is 2.34. The van der Waals surface area contributed by atoms with Crippen molar-refractivity contribution in [3.63, 3.8) is 0 Å². The zero-order valence-electron chi connectivity index (χ0n) is 14.6. The van der Waals surface area contributed by atoms with Gasteiger partial charge in [-0.2, -0.15) is 5.01 Å². The summed E-state index contributed by atoms with van der Waals surface area (Å²) in [6.07, 6.45) is 1.70. The zero-order valence-corrected chi connectivity index (χ0v) is 18.5. The standard InChI is InChI=1S/C19H14BrClN2O3S2/c1-2-26-15-8-5-13(20)9-12(15)10-16-18(25)23(19(27)28-16)22-17(24)11-3-6-14(21)7-4-11/h3-10H,2H2,1H3,(H,22,24)/b16-10+. The van der Waals surface area contributed by atoms with E-state index in [2.05, 4.69) is 21.4 Å². The maximum atomic E-state index is 12.8. The largest absolute Gasteiger partial charge is 0.493 e. The number of amides is 2. The number of carbonyl (C=O) groups is 2. The van der Waals surface area contributed by atoms with Crippen molar-refractivity contribution < 1.29 is 14.3 Å². The number of thioether (sulfide) groups is 1. The Morgan fingerprint density at radius 2 is 2.04 bits per heavy atom. The first-order valence-corrected chi connectivity index (χ1v) is 10.6. The molecule has 1 heterocycles. The number of hydrazine groups is 1. The van der Waals surface area contributed by atoms with Gasteiger partial charge in [-0.3, -0.25) is 15.0 Å². The van der Waals surface area contributed by atoms with Crippen molar-refractivity contribution >= 4 is 73.7 Å². The van der Waals surface area contributed by atoms with E-state index in [1.54, 1.807) is 30.3 Å². The van der Waals surface area contributed by atoms with Crippen LogP contribution >= 0.6 is 51.5 Å². The van der Waals surface area contributed by atoms with Crippen molar-refractivity contribution in [3.05, 3.63) is 68.0 Å². The summed E-state index contributed by atoms with van der Waals surface area (Å²) in [5, 5.41) is 1.59. The Morgan fingerprint density at radius 1 is 1.32 bits per heavy atom. The van der Waals surface area contributed by atoms with Gasteiger partial charge in [-0.15, -0.1) is 0 Å². The Labute approximate surface area is 185 Å². The second-order valence-electron chi connectivity index (χ2n) is 5.58. The monoisotopic (exact) mass is 496 g/mol. The molecule has 1 N–H and O–H groups in total. The highest BCUT2D eigenvalue weighted by Crippen LogP contribution is 2.34. The molecule has 0 unspecified atom stereocenters. The van der Waals surface area contributed by atoms with E-state index in [1.807, 2.05) is 25.1 Å². The first-order valence-electron chi connectivity index (χ1n) is 8.16. The first kappa shape index (κ1) is 20.9. The molecule has 144 valence electrons. The number of carbonyl (C=O) groups excluding carboxylic acids is 2. The van der Waals surface area contributed by atoms with Crippen molar-refractivity contribution in [2.45, 2.75) is 6.92 Å². The third-order valence-corrected chi connectivity index (χ3v) is 5.72. The van der Waals surface area contributed by atoms with E-state index in [-0.39, 0.29) is 4.32 Å². The molecule has 9 heteroatoms. The summed E-state index contributed by atoms with van der Waals surface area (Å²) in [6, 6.07) is 11.9. The minimum atomic E-state index is -0.452. The van der Waals surface area contributed by atoms with Gasteiger partial charge in [-0.05, 0) is 67.7 Å². The quantitative estimate of drug-likeness (QED) is 0.463. The third-order valence-electron chi connectivity index (χ3n) is 3.67. The Bertz CT molecular complexity index is 980. The van der Waals surface area contributed by atoms with E-state index in [0.29, 0.717) is 27.8 Å². The van der Waals surface area contributed by atoms with Gasteiger partial charge in [0.25, 0.3) is 11.8 Å². The molecule has 2 aromatic carbocycles. The van der Waals surface area contributed by atoms with Crippen LogP contribution in [0.5, 0.6) is 5.75 Å². The Morgan fingerprint density at radius 3 is 2.71 bits per heavy atom. The molecule has 3 rings (SSSR count). The van der Waals surface area contributed by atoms with E-state index < -0.39 is 11.8 Å². The number of nitrogens with zero attached hydrogens (tertiary/aromatic N) is 1. The molecule has 0 aliphatic carbocycles. The van der Waals surface area contributed by atoms with Crippen LogP contribution in [0.15, 0.2) is 51.8 Å². The number of halogens is 2. The molecule has 1 aliphatic rings.